The van der Waals surface area contributed by atoms with Gasteiger partial charge in [0.2, 0.25) is 0 Å². The number of nitrogens with zero attached hydrogens (tertiary/aromatic N) is 3. The number of nitriles is 1. The van der Waals surface area contributed by atoms with E-state index in [2.05, 4.69) is 16.3 Å². The molecule has 0 radical (unpaired) electrons. The van der Waals surface area contributed by atoms with Crippen LogP contribution in [0.2, 0.25) is 0 Å². The van der Waals surface area contributed by atoms with Gasteiger partial charge in [-0.2, -0.15) is 5.26 Å². The van der Waals surface area contributed by atoms with Gasteiger partial charge in [0.25, 0.3) is 0 Å². The Balaban J connectivity index is 2.04. The number of nitrogens with one attached hydrogen (secondary N) is 1. The molecule has 120 valence electrons. The second-order valence-electron chi connectivity index (χ2n) is 6.17. The van der Waals surface area contributed by atoms with Crippen LogP contribution >= 0.6 is 0 Å². The van der Waals surface area contributed by atoms with Gasteiger partial charge >= 0.3 is 0 Å². The van der Waals surface area contributed by atoms with E-state index in [4.69, 9.17) is 9.40 Å². The number of rotatable bonds is 5. The van der Waals surface area contributed by atoms with Gasteiger partial charge in [0, 0.05) is 13.1 Å². The minimum Gasteiger partial charge on any atom is -0.463 e. The molecule has 0 spiro atoms. The van der Waals surface area contributed by atoms with E-state index in [-0.39, 0.29) is 0 Å². The van der Waals surface area contributed by atoms with Crippen LogP contribution in [0, 0.1) is 11.3 Å². The molecule has 0 unspecified atom stereocenters. The molecule has 2 aromatic rings. The summed E-state index contributed by atoms with van der Waals surface area (Å²) in [4.78, 5) is 6.85. The van der Waals surface area contributed by atoms with Crippen molar-refractivity contribution in [1.82, 2.24) is 9.88 Å². The number of pyridine rings is 1. The van der Waals surface area contributed by atoms with Crippen LogP contribution in [0.4, 0.5) is 5.82 Å². The number of likely N-dealkylation sites (N-methyl/N-ethyl adjacent to an activating group) is 1. The maximum atomic E-state index is 9.64. The van der Waals surface area contributed by atoms with Gasteiger partial charge in [0.15, 0.2) is 5.76 Å². The lowest BCUT2D eigenvalue weighted by molar-refractivity contribution is 0.425. The quantitative estimate of drug-likeness (QED) is 0.919. The minimum atomic E-state index is 0.682. The summed E-state index contributed by atoms with van der Waals surface area (Å²) < 4.78 is 5.58. The van der Waals surface area contributed by atoms with E-state index >= 15 is 0 Å². The third kappa shape index (κ3) is 3.22. The summed E-state index contributed by atoms with van der Waals surface area (Å²) in [7, 11) is 4.06. The van der Waals surface area contributed by atoms with Crippen molar-refractivity contribution in [3.63, 3.8) is 0 Å². The number of hydrogen-bond acceptors (Lipinski definition) is 5. The van der Waals surface area contributed by atoms with Gasteiger partial charge in [0.1, 0.15) is 17.6 Å². The standard InChI is InChI=1S/C18H22N4O/c1-22(2)10-9-20-18-15(12-19)13-6-3-4-7-14(13)17(21-18)16-8-5-11-23-16/h5,8,11H,3-4,6-7,9-10H2,1-2H3,(H,20,21). The van der Waals surface area contributed by atoms with Crippen LogP contribution in [0.15, 0.2) is 22.8 Å². The molecule has 5 heteroatoms. The van der Waals surface area contributed by atoms with Crippen molar-refractivity contribution in [2.24, 2.45) is 0 Å². The average molecular weight is 310 g/mol. The number of furan rings is 1. The van der Waals surface area contributed by atoms with Crippen molar-refractivity contribution >= 4 is 5.82 Å². The lowest BCUT2D eigenvalue weighted by Crippen LogP contribution is -2.22. The van der Waals surface area contributed by atoms with Gasteiger partial charge in [-0.1, -0.05) is 0 Å². The molecular formula is C18H22N4O. The zero-order valence-corrected chi connectivity index (χ0v) is 13.7. The van der Waals surface area contributed by atoms with Crippen LogP contribution in [0.3, 0.4) is 0 Å². The minimum absolute atomic E-state index is 0.682. The molecule has 0 amide bonds. The maximum absolute atomic E-state index is 9.64. The Kier molecular flexibility index (Phi) is 4.63. The summed E-state index contributed by atoms with van der Waals surface area (Å²) in [6.45, 7) is 1.64. The first-order chi connectivity index (χ1) is 11.2. The molecule has 23 heavy (non-hydrogen) atoms. The zero-order valence-electron chi connectivity index (χ0n) is 13.7. The highest BCUT2D eigenvalue weighted by Crippen LogP contribution is 2.35. The smallest absolute Gasteiger partial charge is 0.152 e. The lowest BCUT2D eigenvalue weighted by Gasteiger charge is -2.22. The number of aromatic nitrogens is 1. The molecule has 1 aliphatic rings. The molecule has 5 nitrogen and oxygen atoms in total. The maximum Gasteiger partial charge on any atom is 0.152 e. The first-order valence-corrected chi connectivity index (χ1v) is 8.09. The molecule has 0 saturated carbocycles. The zero-order chi connectivity index (χ0) is 16.2. The molecule has 2 aromatic heterocycles. The Bertz CT molecular complexity index is 714. The number of hydrogen-bond donors (Lipinski definition) is 1. The van der Waals surface area contributed by atoms with Gasteiger partial charge in [0.05, 0.1) is 11.8 Å². The molecule has 1 aliphatic carbocycles. The van der Waals surface area contributed by atoms with Crippen LogP contribution < -0.4 is 5.32 Å². The van der Waals surface area contributed by atoms with E-state index in [9.17, 15) is 5.26 Å². The van der Waals surface area contributed by atoms with Crippen molar-refractivity contribution in [3.8, 4) is 17.5 Å². The fourth-order valence-electron chi connectivity index (χ4n) is 3.08. The average Bonchev–Trinajstić information content (AvgIpc) is 3.08. The molecule has 0 bridgehead atoms. The lowest BCUT2D eigenvalue weighted by atomic mass is 9.87. The fourth-order valence-corrected chi connectivity index (χ4v) is 3.08. The Morgan fingerprint density at radius 2 is 2.09 bits per heavy atom. The topological polar surface area (TPSA) is 65.1 Å². The van der Waals surface area contributed by atoms with Crippen LogP contribution in [0.5, 0.6) is 0 Å². The van der Waals surface area contributed by atoms with Crippen LogP contribution in [-0.4, -0.2) is 37.1 Å². The van der Waals surface area contributed by atoms with E-state index in [1.54, 1.807) is 6.26 Å². The summed E-state index contributed by atoms with van der Waals surface area (Å²) in [6, 6.07) is 6.18. The molecular weight excluding hydrogens is 288 g/mol. The Hall–Kier alpha value is -2.32. The fraction of sp³-hybridized carbons (Fsp3) is 0.444. The first-order valence-electron chi connectivity index (χ1n) is 8.09. The van der Waals surface area contributed by atoms with Gasteiger partial charge in [-0.05, 0) is 63.0 Å². The van der Waals surface area contributed by atoms with E-state index in [0.29, 0.717) is 11.4 Å². The Labute approximate surface area is 136 Å². The van der Waals surface area contributed by atoms with Gasteiger partial charge in [-0.25, -0.2) is 4.98 Å². The summed E-state index contributed by atoms with van der Waals surface area (Å²) in [5.41, 5.74) is 3.92. The van der Waals surface area contributed by atoms with Gasteiger partial charge in [-0.3, -0.25) is 0 Å². The number of anilines is 1. The molecule has 0 atom stereocenters. The molecule has 0 fully saturated rings. The normalized spacial score (nSPS) is 13.7. The highest BCUT2D eigenvalue weighted by Gasteiger charge is 2.23. The summed E-state index contributed by atoms with van der Waals surface area (Å²) in [6.07, 6.45) is 5.84. The SMILES string of the molecule is CN(C)CCNc1nc(-c2ccco2)c2c(c1C#N)CCCC2. The molecule has 3 rings (SSSR count). The number of fused-ring (bicyclic) bond motifs is 1. The second-order valence-corrected chi connectivity index (χ2v) is 6.17. The van der Waals surface area contributed by atoms with E-state index in [1.165, 1.54) is 5.56 Å². The third-order valence-corrected chi connectivity index (χ3v) is 4.23. The predicted octanol–water partition coefficient (Wildman–Crippen LogP) is 3.07. The van der Waals surface area contributed by atoms with Crippen LogP contribution in [-0.2, 0) is 12.8 Å². The van der Waals surface area contributed by atoms with Crippen LogP contribution in [0.25, 0.3) is 11.5 Å². The molecule has 0 aliphatic heterocycles. The van der Waals surface area contributed by atoms with Gasteiger partial charge in [-0.15, -0.1) is 0 Å². The summed E-state index contributed by atoms with van der Waals surface area (Å²) in [5.74, 6) is 1.46. The van der Waals surface area contributed by atoms with Crippen molar-refractivity contribution in [3.05, 3.63) is 35.1 Å². The van der Waals surface area contributed by atoms with Crippen molar-refractivity contribution in [2.75, 3.05) is 32.5 Å². The molecule has 0 saturated heterocycles. The highest BCUT2D eigenvalue weighted by atomic mass is 16.3. The predicted molar refractivity (Wildman–Crippen MR) is 90.3 cm³/mol. The van der Waals surface area contributed by atoms with Crippen molar-refractivity contribution < 1.29 is 4.42 Å². The molecule has 0 aromatic carbocycles. The highest BCUT2D eigenvalue weighted by molar-refractivity contribution is 5.69. The monoisotopic (exact) mass is 310 g/mol. The molecule has 2 heterocycles. The largest absolute Gasteiger partial charge is 0.463 e. The van der Waals surface area contributed by atoms with E-state index < -0.39 is 0 Å². The molecule has 1 N–H and O–H groups in total. The van der Waals surface area contributed by atoms with Gasteiger partial charge < -0.3 is 14.6 Å². The third-order valence-electron chi connectivity index (χ3n) is 4.23. The Morgan fingerprint density at radius 3 is 2.74 bits per heavy atom. The van der Waals surface area contributed by atoms with E-state index in [1.807, 2.05) is 26.2 Å². The van der Waals surface area contributed by atoms with Crippen molar-refractivity contribution in [1.29, 1.82) is 5.26 Å². The Morgan fingerprint density at radius 1 is 1.30 bits per heavy atom. The van der Waals surface area contributed by atoms with Crippen molar-refractivity contribution in [2.45, 2.75) is 25.7 Å². The second kappa shape index (κ2) is 6.84. The first kappa shape index (κ1) is 15.6. The summed E-state index contributed by atoms with van der Waals surface area (Å²) in [5, 5.41) is 13.0. The summed E-state index contributed by atoms with van der Waals surface area (Å²) >= 11 is 0. The van der Waals surface area contributed by atoms with Crippen LogP contribution in [0.1, 0.15) is 29.5 Å². The van der Waals surface area contributed by atoms with E-state index in [0.717, 1.165) is 55.8 Å².